The van der Waals surface area contributed by atoms with E-state index in [-0.39, 0.29) is 18.6 Å². The smallest absolute Gasteiger partial charge is 0.265 e. The van der Waals surface area contributed by atoms with Crippen LogP contribution in [-0.4, -0.2) is 18.6 Å². The molecule has 27 heavy (non-hydrogen) atoms. The molecule has 0 fully saturated rings. The first-order valence-corrected chi connectivity index (χ1v) is 9.07. The van der Waals surface area contributed by atoms with E-state index in [1.54, 1.807) is 0 Å². The SMILES string of the molecule is O=C(N[C@H](Cc1ccccc1)c1ccccc1)[C@@H]1COc2ccccc2O1. The van der Waals surface area contributed by atoms with Crippen molar-refractivity contribution in [2.24, 2.45) is 0 Å². The highest BCUT2D eigenvalue weighted by molar-refractivity contribution is 5.82. The summed E-state index contributed by atoms with van der Waals surface area (Å²) in [4.78, 5) is 12.9. The highest BCUT2D eigenvalue weighted by Gasteiger charge is 2.29. The van der Waals surface area contributed by atoms with Crippen LogP contribution in [0.5, 0.6) is 11.5 Å². The van der Waals surface area contributed by atoms with Gasteiger partial charge in [0.2, 0.25) is 6.10 Å². The van der Waals surface area contributed by atoms with Gasteiger partial charge in [0.05, 0.1) is 6.04 Å². The first-order chi connectivity index (χ1) is 13.3. The molecule has 1 aliphatic heterocycles. The van der Waals surface area contributed by atoms with E-state index in [0.29, 0.717) is 17.9 Å². The van der Waals surface area contributed by atoms with E-state index in [1.807, 2.05) is 72.8 Å². The first-order valence-electron chi connectivity index (χ1n) is 9.07. The van der Waals surface area contributed by atoms with Crippen molar-refractivity contribution in [2.45, 2.75) is 18.6 Å². The van der Waals surface area contributed by atoms with Gasteiger partial charge in [0, 0.05) is 0 Å². The summed E-state index contributed by atoms with van der Waals surface area (Å²) >= 11 is 0. The topological polar surface area (TPSA) is 47.6 Å². The second-order valence-electron chi connectivity index (χ2n) is 6.53. The predicted octanol–water partition coefficient (Wildman–Crippen LogP) is 3.93. The van der Waals surface area contributed by atoms with Gasteiger partial charge in [-0.2, -0.15) is 0 Å². The van der Waals surface area contributed by atoms with Gasteiger partial charge in [-0.1, -0.05) is 72.8 Å². The molecule has 0 aliphatic carbocycles. The molecule has 136 valence electrons. The lowest BCUT2D eigenvalue weighted by atomic mass is 9.98. The van der Waals surface area contributed by atoms with Crippen molar-refractivity contribution in [1.82, 2.24) is 5.32 Å². The molecule has 0 aromatic heterocycles. The Kier molecular flexibility index (Phi) is 5.06. The Balaban J connectivity index is 1.50. The van der Waals surface area contributed by atoms with E-state index in [2.05, 4.69) is 17.4 Å². The lowest BCUT2D eigenvalue weighted by Gasteiger charge is -2.28. The van der Waals surface area contributed by atoms with E-state index < -0.39 is 6.10 Å². The second kappa shape index (κ2) is 7.96. The average molecular weight is 359 g/mol. The maximum absolute atomic E-state index is 12.9. The minimum atomic E-state index is -0.665. The fraction of sp³-hybridized carbons (Fsp3) is 0.174. The molecule has 0 spiro atoms. The van der Waals surface area contributed by atoms with Crippen LogP contribution in [0.4, 0.5) is 0 Å². The first kappa shape index (κ1) is 17.2. The lowest BCUT2D eigenvalue weighted by molar-refractivity contribution is -0.131. The molecule has 3 aromatic carbocycles. The number of nitrogens with one attached hydrogen (secondary N) is 1. The van der Waals surface area contributed by atoms with Crippen LogP contribution in [0.3, 0.4) is 0 Å². The Morgan fingerprint density at radius 1 is 0.889 bits per heavy atom. The van der Waals surface area contributed by atoms with Crippen LogP contribution in [0.25, 0.3) is 0 Å². The summed E-state index contributed by atoms with van der Waals surface area (Å²) in [6.07, 6.45) is 0.0442. The minimum absolute atomic E-state index is 0.137. The fourth-order valence-corrected chi connectivity index (χ4v) is 3.20. The van der Waals surface area contributed by atoms with Crippen LogP contribution in [0.1, 0.15) is 17.2 Å². The molecule has 0 saturated heterocycles. The maximum Gasteiger partial charge on any atom is 0.265 e. The number of benzene rings is 3. The normalized spacial score (nSPS) is 16.4. The van der Waals surface area contributed by atoms with Gasteiger partial charge in [0.1, 0.15) is 6.61 Å². The van der Waals surface area contributed by atoms with E-state index in [4.69, 9.17) is 9.47 Å². The number of amides is 1. The van der Waals surface area contributed by atoms with Crippen LogP contribution in [0, 0.1) is 0 Å². The summed E-state index contributed by atoms with van der Waals surface area (Å²) in [6, 6.07) is 27.4. The minimum Gasteiger partial charge on any atom is -0.485 e. The van der Waals surface area contributed by atoms with E-state index >= 15 is 0 Å². The fourth-order valence-electron chi connectivity index (χ4n) is 3.20. The molecule has 4 nitrogen and oxygen atoms in total. The average Bonchev–Trinajstić information content (AvgIpc) is 2.74. The Morgan fingerprint density at radius 3 is 2.26 bits per heavy atom. The summed E-state index contributed by atoms with van der Waals surface area (Å²) in [7, 11) is 0. The van der Waals surface area contributed by atoms with Gasteiger partial charge in [-0.3, -0.25) is 4.79 Å². The molecular formula is C23H21NO3. The molecule has 1 amide bonds. The highest BCUT2D eigenvalue weighted by atomic mass is 16.6. The van der Waals surface area contributed by atoms with Gasteiger partial charge in [-0.05, 0) is 29.7 Å². The zero-order chi connectivity index (χ0) is 18.5. The third-order valence-corrected chi connectivity index (χ3v) is 4.60. The van der Waals surface area contributed by atoms with Crippen molar-refractivity contribution in [3.63, 3.8) is 0 Å². The van der Waals surface area contributed by atoms with Crippen molar-refractivity contribution in [3.8, 4) is 11.5 Å². The van der Waals surface area contributed by atoms with E-state index in [0.717, 1.165) is 11.1 Å². The quantitative estimate of drug-likeness (QED) is 0.751. The summed E-state index contributed by atoms with van der Waals surface area (Å²) in [5.74, 6) is 1.10. The monoisotopic (exact) mass is 359 g/mol. The summed E-state index contributed by atoms with van der Waals surface area (Å²) in [5, 5.41) is 3.14. The van der Waals surface area contributed by atoms with Gasteiger partial charge in [-0.25, -0.2) is 0 Å². The molecule has 0 saturated carbocycles. The van der Waals surface area contributed by atoms with Crippen molar-refractivity contribution in [3.05, 3.63) is 96.1 Å². The molecule has 4 rings (SSSR count). The second-order valence-corrected chi connectivity index (χ2v) is 6.53. The third-order valence-electron chi connectivity index (χ3n) is 4.60. The molecule has 2 atom stereocenters. The zero-order valence-electron chi connectivity index (χ0n) is 14.9. The number of carbonyl (C=O) groups excluding carboxylic acids is 1. The maximum atomic E-state index is 12.9. The Morgan fingerprint density at radius 2 is 1.52 bits per heavy atom. The lowest BCUT2D eigenvalue weighted by Crippen LogP contribution is -2.45. The summed E-state index contributed by atoms with van der Waals surface area (Å²) < 4.78 is 11.5. The number of hydrogen-bond acceptors (Lipinski definition) is 3. The number of carbonyl (C=O) groups is 1. The van der Waals surface area contributed by atoms with Crippen molar-refractivity contribution in [2.75, 3.05) is 6.61 Å². The number of rotatable bonds is 5. The molecule has 1 aliphatic rings. The summed E-state index contributed by atoms with van der Waals surface area (Å²) in [6.45, 7) is 0.204. The molecule has 1 N–H and O–H groups in total. The van der Waals surface area contributed by atoms with E-state index in [1.165, 1.54) is 0 Å². The zero-order valence-corrected chi connectivity index (χ0v) is 14.9. The number of fused-ring (bicyclic) bond motifs is 1. The molecule has 0 unspecified atom stereocenters. The van der Waals surface area contributed by atoms with Crippen molar-refractivity contribution >= 4 is 5.91 Å². The van der Waals surface area contributed by atoms with Gasteiger partial charge in [-0.15, -0.1) is 0 Å². The summed E-state index contributed by atoms with van der Waals surface area (Å²) in [5.41, 5.74) is 2.23. The Hall–Kier alpha value is -3.27. The number of para-hydroxylation sites is 2. The van der Waals surface area contributed by atoms with Crippen LogP contribution < -0.4 is 14.8 Å². The number of hydrogen-bond donors (Lipinski definition) is 1. The van der Waals surface area contributed by atoms with Gasteiger partial charge in [0.15, 0.2) is 11.5 Å². The Labute approximate surface area is 158 Å². The molecular weight excluding hydrogens is 338 g/mol. The standard InChI is InChI=1S/C23H21NO3/c25-23(22-16-26-20-13-7-8-14-21(20)27-22)24-19(18-11-5-2-6-12-18)15-17-9-3-1-4-10-17/h1-14,19,22H,15-16H2,(H,24,25)/t19-,22+/m1/s1. The highest BCUT2D eigenvalue weighted by Crippen LogP contribution is 2.31. The van der Waals surface area contributed by atoms with Crippen molar-refractivity contribution in [1.29, 1.82) is 0 Å². The van der Waals surface area contributed by atoms with Crippen LogP contribution in [0.15, 0.2) is 84.9 Å². The van der Waals surface area contributed by atoms with Crippen LogP contribution in [0.2, 0.25) is 0 Å². The molecule has 4 heteroatoms. The van der Waals surface area contributed by atoms with Gasteiger partial charge < -0.3 is 14.8 Å². The predicted molar refractivity (Wildman–Crippen MR) is 104 cm³/mol. The molecule has 1 heterocycles. The van der Waals surface area contributed by atoms with Gasteiger partial charge >= 0.3 is 0 Å². The van der Waals surface area contributed by atoms with Crippen LogP contribution in [-0.2, 0) is 11.2 Å². The third kappa shape index (κ3) is 4.11. The Bertz CT molecular complexity index is 896. The number of ether oxygens (including phenoxy) is 2. The largest absolute Gasteiger partial charge is 0.485 e. The molecule has 0 bridgehead atoms. The van der Waals surface area contributed by atoms with Crippen molar-refractivity contribution < 1.29 is 14.3 Å². The molecule has 3 aromatic rings. The van der Waals surface area contributed by atoms with Gasteiger partial charge in [0.25, 0.3) is 5.91 Å². The molecule has 0 radical (unpaired) electrons. The van der Waals surface area contributed by atoms with Crippen LogP contribution >= 0.6 is 0 Å². The van der Waals surface area contributed by atoms with E-state index in [9.17, 15) is 4.79 Å².